The van der Waals surface area contributed by atoms with Gasteiger partial charge in [-0.25, -0.2) is 9.18 Å². The molecule has 0 aliphatic heterocycles. The Morgan fingerprint density at radius 3 is 2.73 bits per heavy atom. The van der Waals surface area contributed by atoms with Gasteiger partial charge in [-0.1, -0.05) is 18.1 Å². The van der Waals surface area contributed by atoms with E-state index in [1.165, 1.54) is 24.3 Å². The largest absolute Gasteiger partial charge is 0.449 e. The molecule has 0 fully saturated rings. The highest BCUT2D eigenvalue weighted by Crippen LogP contribution is 2.04. The van der Waals surface area contributed by atoms with Crippen LogP contribution in [-0.4, -0.2) is 12.6 Å². The number of carbonyl (C=O) groups excluding carboxylic acids is 1. The van der Waals surface area contributed by atoms with E-state index in [0.717, 1.165) is 0 Å². The molecular formula is C12H9FO2. The smallest absolute Gasteiger partial charge is 0.331 e. The van der Waals surface area contributed by atoms with Crippen LogP contribution < -0.4 is 0 Å². The molecule has 0 aliphatic rings. The molecule has 1 rings (SSSR count). The average Bonchev–Trinajstić information content (AvgIpc) is 2.25. The van der Waals surface area contributed by atoms with Crippen molar-refractivity contribution in [3.63, 3.8) is 0 Å². The summed E-state index contributed by atoms with van der Waals surface area (Å²) in [4.78, 5) is 11.0. The van der Waals surface area contributed by atoms with E-state index in [4.69, 9.17) is 6.42 Å². The van der Waals surface area contributed by atoms with Crippen molar-refractivity contribution in [2.75, 3.05) is 6.61 Å². The minimum atomic E-state index is -0.516. The van der Waals surface area contributed by atoms with Crippen molar-refractivity contribution in [2.45, 2.75) is 0 Å². The lowest BCUT2D eigenvalue weighted by molar-refractivity contribution is -0.136. The van der Waals surface area contributed by atoms with Crippen molar-refractivity contribution in [3.8, 4) is 12.3 Å². The lowest BCUT2D eigenvalue weighted by Gasteiger charge is -1.94. The Labute approximate surface area is 87.4 Å². The summed E-state index contributed by atoms with van der Waals surface area (Å²) in [5, 5.41) is 0. The number of benzene rings is 1. The third kappa shape index (κ3) is 4.10. The van der Waals surface area contributed by atoms with Crippen LogP contribution in [0.3, 0.4) is 0 Å². The zero-order chi connectivity index (χ0) is 11.1. The normalized spacial score (nSPS) is 9.87. The second-order valence-electron chi connectivity index (χ2n) is 2.70. The van der Waals surface area contributed by atoms with Gasteiger partial charge in [-0.15, -0.1) is 6.42 Å². The van der Waals surface area contributed by atoms with Crippen molar-refractivity contribution in [3.05, 3.63) is 41.7 Å². The van der Waals surface area contributed by atoms with Crippen LogP contribution in [0, 0.1) is 18.2 Å². The van der Waals surface area contributed by atoms with E-state index in [1.807, 2.05) is 0 Å². The van der Waals surface area contributed by atoms with Crippen molar-refractivity contribution >= 4 is 12.0 Å². The molecule has 0 unspecified atom stereocenters. The predicted molar refractivity (Wildman–Crippen MR) is 55.2 cm³/mol. The summed E-state index contributed by atoms with van der Waals surface area (Å²) in [7, 11) is 0. The lowest BCUT2D eigenvalue weighted by atomic mass is 10.2. The highest BCUT2D eigenvalue weighted by molar-refractivity contribution is 5.87. The number of ether oxygens (including phenoxy) is 1. The molecule has 1 aromatic carbocycles. The van der Waals surface area contributed by atoms with E-state index in [1.54, 1.807) is 12.1 Å². The molecule has 0 saturated carbocycles. The summed E-state index contributed by atoms with van der Waals surface area (Å²) in [6.07, 6.45) is 7.67. The molecule has 0 heterocycles. The Bertz CT molecular complexity index is 399. The molecule has 2 nitrogen and oxygen atoms in total. The van der Waals surface area contributed by atoms with Crippen LogP contribution in [0.5, 0.6) is 0 Å². The van der Waals surface area contributed by atoms with Crippen LogP contribution in [-0.2, 0) is 9.53 Å². The number of hydrogen-bond acceptors (Lipinski definition) is 2. The van der Waals surface area contributed by atoms with Gasteiger partial charge in [0.1, 0.15) is 5.82 Å². The molecule has 0 radical (unpaired) electrons. The number of hydrogen-bond donors (Lipinski definition) is 0. The average molecular weight is 204 g/mol. The molecule has 0 bridgehead atoms. The van der Waals surface area contributed by atoms with Crippen molar-refractivity contribution < 1.29 is 13.9 Å². The fourth-order valence-corrected chi connectivity index (χ4v) is 0.899. The standard InChI is InChI=1S/C12H9FO2/c1-2-9-15-12(14)8-5-10-3-6-11(13)7-4-10/h1,3-8H,9H2/b8-5+. The van der Waals surface area contributed by atoms with Gasteiger partial charge in [-0.05, 0) is 23.8 Å². The quantitative estimate of drug-likeness (QED) is 0.427. The lowest BCUT2D eigenvalue weighted by Crippen LogP contribution is -1.99. The number of terminal acetylenes is 1. The number of halogens is 1. The van der Waals surface area contributed by atoms with Gasteiger partial charge in [0.2, 0.25) is 0 Å². The van der Waals surface area contributed by atoms with Crippen LogP contribution in [0.15, 0.2) is 30.3 Å². The highest BCUT2D eigenvalue weighted by Gasteiger charge is 1.94. The Morgan fingerprint density at radius 1 is 1.47 bits per heavy atom. The Morgan fingerprint density at radius 2 is 2.13 bits per heavy atom. The van der Waals surface area contributed by atoms with E-state index in [9.17, 15) is 9.18 Å². The highest BCUT2D eigenvalue weighted by atomic mass is 19.1. The molecular weight excluding hydrogens is 195 g/mol. The molecule has 0 spiro atoms. The monoisotopic (exact) mass is 204 g/mol. The van der Waals surface area contributed by atoms with Crippen LogP contribution >= 0.6 is 0 Å². The maximum Gasteiger partial charge on any atom is 0.331 e. The molecule has 0 aromatic heterocycles. The van der Waals surface area contributed by atoms with Crippen LogP contribution in [0.4, 0.5) is 4.39 Å². The van der Waals surface area contributed by atoms with E-state index >= 15 is 0 Å². The van der Waals surface area contributed by atoms with Gasteiger partial charge in [0, 0.05) is 6.08 Å². The van der Waals surface area contributed by atoms with Gasteiger partial charge in [0.05, 0.1) is 0 Å². The van der Waals surface area contributed by atoms with E-state index in [-0.39, 0.29) is 12.4 Å². The van der Waals surface area contributed by atoms with Crippen LogP contribution in [0.2, 0.25) is 0 Å². The SMILES string of the molecule is C#CCOC(=O)/C=C/c1ccc(F)cc1. The molecule has 3 heteroatoms. The number of esters is 1. The van der Waals surface area contributed by atoms with Gasteiger partial charge in [0.15, 0.2) is 6.61 Å². The number of rotatable bonds is 3. The number of carbonyl (C=O) groups is 1. The fraction of sp³-hybridized carbons (Fsp3) is 0.0833. The molecule has 0 amide bonds. The van der Waals surface area contributed by atoms with E-state index in [2.05, 4.69) is 10.7 Å². The molecule has 0 N–H and O–H groups in total. The van der Waals surface area contributed by atoms with Gasteiger partial charge >= 0.3 is 5.97 Å². The maximum absolute atomic E-state index is 12.5. The second kappa shape index (κ2) is 5.61. The van der Waals surface area contributed by atoms with E-state index in [0.29, 0.717) is 5.56 Å². The summed E-state index contributed by atoms with van der Waals surface area (Å²) in [6, 6.07) is 5.74. The Balaban J connectivity index is 2.54. The second-order valence-corrected chi connectivity index (χ2v) is 2.70. The van der Waals surface area contributed by atoms with Crippen molar-refractivity contribution in [2.24, 2.45) is 0 Å². The molecule has 0 aliphatic carbocycles. The zero-order valence-corrected chi connectivity index (χ0v) is 7.94. The minimum Gasteiger partial charge on any atom is -0.449 e. The van der Waals surface area contributed by atoms with Gasteiger partial charge < -0.3 is 4.74 Å². The first-order valence-corrected chi connectivity index (χ1v) is 4.26. The third-order valence-electron chi connectivity index (χ3n) is 1.58. The first-order valence-electron chi connectivity index (χ1n) is 4.26. The van der Waals surface area contributed by atoms with Gasteiger partial charge in [-0.2, -0.15) is 0 Å². The van der Waals surface area contributed by atoms with Gasteiger partial charge in [-0.3, -0.25) is 0 Å². The third-order valence-corrected chi connectivity index (χ3v) is 1.58. The first kappa shape index (κ1) is 11.0. The van der Waals surface area contributed by atoms with Gasteiger partial charge in [0.25, 0.3) is 0 Å². The Hall–Kier alpha value is -2.08. The summed E-state index contributed by atoms with van der Waals surface area (Å²) < 4.78 is 17.1. The first-order chi connectivity index (χ1) is 7.22. The molecule has 15 heavy (non-hydrogen) atoms. The Kier molecular flexibility index (Phi) is 4.11. The summed E-state index contributed by atoms with van der Waals surface area (Å²) in [6.45, 7) is -0.0490. The van der Waals surface area contributed by atoms with Crippen LogP contribution in [0.1, 0.15) is 5.56 Å². The van der Waals surface area contributed by atoms with Crippen LogP contribution in [0.25, 0.3) is 6.08 Å². The minimum absolute atomic E-state index is 0.0490. The fourth-order valence-electron chi connectivity index (χ4n) is 0.899. The summed E-state index contributed by atoms with van der Waals surface area (Å²) in [5.74, 6) is 1.34. The molecule has 0 saturated heterocycles. The molecule has 76 valence electrons. The van der Waals surface area contributed by atoms with E-state index < -0.39 is 5.97 Å². The maximum atomic E-state index is 12.5. The molecule has 0 atom stereocenters. The summed E-state index contributed by atoms with van der Waals surface area (Å²) in [5.41, 5.74) is 0.717. The predicted octanol–water partition coefficient (Wildman–Crippen LogP) is 2.02. The summed E-state index contributed by atoms with van der Waals surface area (Å²) >= 11 is 0. The van der Waals surface area contributed by atoms with Crippen molar-refractivity contribution in [1.82, 2.24) is 0 Å². The van der Waals surface area contributed by atoms with Crippen molar-refractivity contribution in [1.29, 1.82) is 0 Å². The zero-order valence-electron chi connectivity index (χ0n) is 7.94. The topological polar surface area (TPSA) is 26.3 Å². The molecule has 1 aromatic rings.